The lowest BCUT2D eigenvalue weighted by Gasteiger charge is -2.27. The first kappa shape index (κ1) is 13.1. The molecule has 0 unspecified atom stereocenters. The van der Waals surface area contributed by atoms with Crippen LogP contribution in [-0.2, 0) is 0 Å². The average molecular weight is 268 g/mol. The van der Waals surface area contributed by atoms with Crippen LogP contribution in [0, 0.1) is 0 Å². The van der Waals surface area contributed by atoms with Crippen molar-refractivity contribution >= 4 is 5.82 Å². The Morgan fingerprint density at radius 2 is 1.65 bits per heavy atom. The fraction of sp³-hybridized carbons (Fsp3) is 0.353. The van der Waals surface area contributed by atoms with Crippen molar-refractivity contribution in [2.75, 3.05) is 18.0 Å². The molecule has 0 aliphatic carbocycles. The zero-order chi connectivity index (χ0) is 13.8. The SMILES string of the molecule is O[C@H](c1ccccc1)c1ccc(N2CCCCC2)nc1. The van der Waals surface area contributed by atoms with Gasteiger partial charge in [-0.2, -0.15) is 0 Å². The van der Waals surface area contributed by atoms with Gasteiger partial charge in [0.2, 0.25) is 0 Å². The summed E-state index contributed by atoms with van der Waals surface area (Å²) in [5, 5.41) is 10.3. The average Bonchev–Trinajstić information content (AvgIpc) is 2.56. The topological polar surface area (TPSA) is 36.4 Å². The van der Waals surface area contributed by atoms with Crippen LogP contribution >= 0.6 is 0 Å². The molecule has 1 fully saturated rings. The fourth-order valence-corrected chi connectivity index (χ4v) is 2.70. The third-order valence-electron chi connectivity index (χ3n) is 3.88. The van der Waals surface area contributed by atoms with Crippen LogP contribution in [0.1, 0.15) is 36.5 Å². The molecular weight excluding hydrogens is 248 g/mol. The summed E-state index contributed by atoms with van der Waals surface area (Å²) in [6, 6.07) is 13.7. The smallest absolute Gasteiger partial charge is 0.128 e. The number of aliphatic hydroxyl groups is 1. The molecule has 2 aromatic rings. The van der Waals surface area contributed by atoms with Crippen LogP contribution in [-0.4, -0.2) is 23.2 Å². The monoisotopic (exact) mass is 268 g/mol. The van der Waals surface area contributed by atoms with Crippen LogP contribution in [0.2, 0.25) is 0 Å². The highest BCUT2D eigenvalue weighted by Gasteiger charge is 2.14. The van der Waals surface area contributed by atoms with E-state index in [1.165, 1.54) is 19.3 Å². The maximum absolute atomic E-state index is 10.3. The molecule has 0 saturated carbocycles. The van der Waals surface area contributed by atoms with E-state index in [2.05, 4.69) is 9.88 Å². The van der Waals surface area contributed by atoms with Gasteiger partial charge in [0.1, 0.15) is 11.9 Å². The van der Waals surface area contributed by atoms with Crippen LogP contribution in [0.25, 0.3) is 0 Å². The Bertz CT molecular complexity index is 533. The van der Waals surface area contributed by atoms with Crippen molar-refractivity contribution in [1.82, 2.24) is 4.98 Å². The Morgan fingerprint density at radius 1 is 0.900 bits per heavy atom. The van der Waals surface area contributed by atoms with Gasteiger partial charge < -0.3 is 10.0 Å². The van der Waals surface area contributed by atoms with Gasteiger partial charge in [-0.15, -0.1) is 0 Å². The summed E-state index contributed by atoms with van der Waals surface area (Å²) >= 11 is 0. The Labute approximate surface area is 119 Å². The third kappa shape index (κ3) is 2.83. The molecule has 1 aliphatic rings. The first-order valence-corrected chi connectivity index (χ1v) is 7.28. The second-order valence-electron chi connectivity index (χ2n) is 5.31. The second kappa shape index (κ2) is 6.06. The van der Waals surface area contributed by atoms with E-state index in [0.717, 1.165) is 30.0 Å². The number of rotatable bonds is 3. The van der Waals surface area contributed by atoms with Crippen molar-refractivity contribution in [2.24, 2.45) is 0 Å². The van der Waals surface area contributed by atoms with E-state index in [9.17, 15) is 5.11 Å². The molecular formula is C17H20N2O. The number of anilines is 1. The molecule has 0 spiro atoms. The predicted octanol–water partition coefficient (Wildman–Crippen LogP) is 3.15. The van der Waals surface area contributed by atoms with E-state index in [0.29, 0.717) is 0 Å². The maximum atomic E-state index is 10.3. The van der Waals surface area contributed by atoms with Gasteiger partial charge >= 0.3 is 0 Å². The molecule has 20 heavy (non-hydrogen) atoms. The molecule has 104 valence electrons. The molecule has 2 heterocycles. The van der Waals surface area contributed by atoms with Gasteiger partial charge in [0.15, 0.2) is 0 Å². The quantitative estimate of drug-likeness (QED) is 0.929. The molecule has 0 amide bonds. The normalized spacial score (nSPS) is 16.9. The molecule has 1 saturated heterocycles. The Balaban J connectivity index is 1.75. The number of pyridine rings is 1. The van der Waals surface area contributed by atoms with Crippen molar-refractivity contribution in [3.63, 3.8) is 0 Å². The van der Waals surface area contributed by atoms with E-state index >= 15 is 0 Å². The third-order valence-corrected chi connectivity index (χ3v) is 3.88. The number of nitrogens with zero attached hydrogens (tertiary/aromatic N) is 2. The minimum atomic E-state index is -0.598. The molecule has 3 heteroatoms. The van der Waals surface area contributed by atoms with E-state index in [4.69, 9.17) is 0 Å². The molecule has 1 aromatic heterocycles. The number of hydrogen-bond acceptors (Lipinski definition) is 3. The van der Waals surface area contributed by atoms with Crippen molar-refractivity contribution in [3.05, 3.63) is 59.8 Å². The highest BCUT2D eigenvalue weighted by atomic mass is 16.3. The lowest BCUT2D eigenvalue weighted by Crippen LogP contribution is -2.30. The van der Waals surface area contributed by atoms with Crippen LogP contribution < -0.4 is 4.90 Å². The largest absolute Gasteiger partial charge is 0.384 e. The van der Waals surface area contributed by atoms with Crippen molar-refractivity contribution in [3.8, 4) is 0 Å². The van der Waals surface area contributed by atoms with Crippen molar-refractivity contribution in [2.45, 2.75) is 25.4 Å². The second-order valence-corrected chi connectivity index (χ2v) is 5.31. The minimum absolute atomic E-state index is 0.598. The zero-order valence-electron chi connectivity index (χ0n) is 11.6. The molecule has 1 N–H and O–H groups in total. The van der Waals surface area contributed by atoms with E-state index < -0.39 is 6.10 Å². The van der Waals surface area contributed by atoms with Gasteiger partial charge in [0, 0.05) is 24.8 Å². The first-order chi connectivity index (χ1) is 9.84. The van der Waals surface area contributed by atoms with Gasteiger partial charge in [-0.1, -0.05) is 36.4 Å². The molecule has 3 rings (SSSR count). The summed E-state index contributed by atoms with van der Waals surface area (Å²) < 4.78 is 0. The van der Waals surface area contributed by atoms with Crippen LogP contribution in [0.3, 0.4) is 0 Å². The summed E-state index contributed by atoms with van der Waals surface area (Å²) in [5.41, 5.74) is 1.75. The number of aliphatic hydroxyl groups excluding tert-OH is 1. The van der Waals surface area contributed by atoms with Crippen LogP contribution in [0.5, 0.6) is 0 Å². The van der Waals surface area contributed by atoms with Gasteiger partial charge in [0.05, 0.1) is 0 Å². The summed E-state index contributed by atoms with van der Waals surface area (Å²) in [6.07, 6.45) is 5.01. The summed E-state index contributed by atoms with van der Waals surface area (Å²) in [4.78, 5) is 6.84. The Hall–Kier alpha value is -1.87. The molecule has 0 bridgehead atoms. The van der Waals surface area contributed by atoms with Gasteiger partial charge in [-0.05, 0) is 30.9 Å². The standard InChI is InChI=1S/C17H20N2O/c20-17(14-7-3-1-4-8-14)15-9-10-16(18-13-15)19-11-5-2-6-12-19/h1,3-4,7-10,13,17,20H,2,5-6,11-12H2/t17-/m1/s1. The van der Waals surface area contributed by atoms with Gasteiger partial charge in [-0.3, -0.25) is 0 Å². The zero-order valence-corrected chi connectivity index (χ0v) is 11.6. The highest BCUT2D eigenvalue weighted by molar-refractivity contribution is 5.41. The number of aromatic nitrogens is 1. The van der Waals surface area contributed by atoms with E-state index in [1.54, 1.807) is 6.20 Å². The van der Waals surface area contributed by atoms with E-state index in [-0.39, 0.29) is 0 Å². The molecule has 1 atom stereocenters. The predicted molar refractivity (Wildman–Crippen MR) is 80.8 cm³/mol. The molecule has 3 nitrogen and oxygen atoms in total. The lowest BCUT2D eigenvalue weighted by molar-refractivity contribution is 0.220. The van der Waals surface area contributed by atoms with Crippen LogP contribution in [0.15, 0.2) is 48.7 Å². The minimum Gasteiger partial charge on any atom is -0.384 e. The first-order valence-electron chi connectivity index (χ1n) is 7.28. The maximum Gasteiger partial charge on any atom is 0.128 e. The molecule has 1 aliphatic heterocycles. The Kier molecular flexibility index (Phi) is 3.97. The van der Waals surface area contributed by atoms with Crippen molar-refractivity contribution in [1.29, 1.82) is 0 Å². The van der Waals surface area contributed by atoms with E-state index in [1.807, 2.05) is 42.5 Å². The fourth-order valence-electron chi connectivity index (χ4n) is 2.70. The number of hydrogen-bond donors (Lipinski definition) is 1. The summed E-state index contributed by atoms with van der Waals surface area (Å²) in [5.74, 6) is 1.02. The summed E-state index contributed by atoms with van der Waals surface area (Å²) in [7, 11) is 0. The molecule has 1 aromatic carbocycles. The summed E-state index contributed by atoms with van der Waals surface area (Å²) in [6.45, 7) is 2.18. The van der Waals surface area contributed by atoms with Crippen molar-refractivity contribution < 1.29 is 5.11 Å². The Morgan fingerprint density at radius 3 is 2.30 bits per heavy atom. The van der Waals surface area contributed by atoms with Crippen LogP contribution in [0.4, 0.5) is 5.82 Å². The number of benzene rings is 1. The lowest BCUT2D eigenvalue weighted by atomic mass is 10.0. The highest BCUT2D eigenvalue weighted by Crippen LogP contribution is 2.23. The van der Waals surface area contributed by atoms with Gasteiger partial charge in [0.25, 0.3) is 0 Å². The molecule has 0 radical (unpaired) electrons. The number of piperidine rings is 1. The van der Waals surface area contributed by atoms with Gasteiger partial charge in [-0.25, -0.2) is 4.98 Å².